The third-order valence-electron chi connectivity index (χ3n) is 7.59. The van der Waals surface area contributed by atoms with Gasteiger partial charge in [0, 0.05) is 6.42 Å². The van der Waals surface area contributed by atoms with E-state index in [4.69, 9.17) is 4.74 Å². The lowest BCUT2D eigenvalue weighted by Crippen LogP contribution is -2.55. The van der Waals surface area contributed by atoms with Crippen molar-refractivity contribution in [2.75, 3.05) is 6.61 Å². The molecule has 0 spiro atoms. The van der Waals surface area contributed by atoms with Crippen molar-refractivity contribution in [3.8, 4) is 5.75 Å². The molecule has 1 aromatic rings. The molecular weight excluding hydrogens is 606 g/mol. The van der Waals surface area contributed by atoms with Gasteiger partial charge in [-0.2, -0.15) is 0 Å². The molecule has 262 valence electrons. The molecule has 0 bridgehead atoms. The number of hydrogen-bond donors (Lipinski definition) is 6. The minimum atomic E-state index is -3.01. The molecule has 0 saturated carbocycles. The minimum Gasteiger partial charge on any atom is -0.490 e. The first-order valence-corrected chi connectivity index (χ1v) is 16.4. The molecule has 1 amide bonds. The Labute approximate surface area is 278 Å². The average Bonchev–Trinajstić information content (AvgIpc) is 2.99. The molecule has 0 radical (unpaired) electrons. The van der Waals surface area contributed by atoms with Crippen LogP contribution in [0.2, 0.25) is 0 Å². The SMILES string of the molecule is CCCCC/C=C/C(O)CCCCCC/C=C/C(C(=O)NC(Cc1ccc(OCC=C(C)C)cc1)C(=O)O)[C@@](O)(CC(=O)O)C(=O)O. The maximum Gasteiger partial charge on any atom is 0.337 e. The number of carbonyl (C=O) groups is 4. The number of rotatable bonds is 25. The van der Waals surface area contributed by atoms with Crippen molar-refractivity contribution < 1.29 is 49.4 Å². The molecule has 1 aromatic carbocycles. The largest absolute Gasteiger partial charge is 0.490 e. The number of hydrogen-bond acceptors (Lipinski definition) is 7. The highest BCUT2D eigenvalue weighted by Crippen LogP contribution is 2.26. The zero-order chi connectivity index (χ0) is 35.2. The summed E-state index contributed by atoms with van der Waals surface area (Å²) in [5.41, 5.74) is -1.37. The van der Waals surface area contributed by atoms with Gasteiger partial charge in [0.15, 0.2) is 5.60 Å². The maximum absolute atomic E-state index is 13.3. The van der Waals surface area contributed by atoms with Gasteiger partial charge in [0.2, 0.25) is 5.91 Å². The summed E-state index contributed by atoms with van der Waals surface area (Å²) in [6.45, 7) is 6.40. The van der Waals surface area contributed by atoms with Crippen LogP contribution in [0, 0.1) is 5.92 Å². The Kier molecular flexibility index (Phi) is 19.7. The summed E-state index contributed by atoms with van der Waals surface area (Å²) >= 11 is 0. The van der Waals surface area contributed by atoms with Crippen LogP contribution >= 0.6 is 0 Å². The predicted octanol–water partition coefficient (Wildman–Crippen LogP) is 5.44. The van der Waals surface area contributed by atoms with Gasteiger partial charge in [0.05, 0.1) is 18.4 Å². The van der Waals surface area contributed by atoms with E-state index in [0.717, 1.165) is 50.2 Å². The molecule has 11 heteroatoms. The number of nitrogens with one attached hydrogen (secondary N) is 1. The summed E-state index contributed by atoms with van der Waals surface area (Å²) in [6.07, 6.45) is 15.0. The topological polar surface area (TPSA) is 191 Å². The van der Waals surface area contributed by atoms with Crippen molar-refractivity contribution in [3.05, 3.63) is 65.8 Å². The molecule has 0 aromatic heterocycles. The van der Waals surface area contributed by atoms with E-state index in [2.05, 4.69) is 12.2 Å². The zero-order valence-corrected chi connectivity index (χ0v) is 27.9. The van der Waals surface area contributed by atoms with Crippen molar-refractivity contribution in [1.29, 1.82) is 0 Å². The standard InChI is InChI=1S/C36H53NO10/c1-4-5-6-9-12-15-28(38)16-13-10-7-8-11-14-17-30(36(46,35(44)45)25-32(39)40)33(41)37-31(34(42)43)24-27-18-20-29(21-19-27)47-23-22-26(2)3/h12,14-15,17-22,28,30-31,38,46H,4-11,13,16,23-25H2,1-3H3,(H,37,41)(H,39,40)(H,42,43)(H,44,45)/b15-12+,17-14+/t28?,30?,31?,36-/m0/s1. The molecule has 0 saturated heterocycles. The number of carboxylic acid groups (broad SMARTS) is 3. The lowest BCUT2D eigenvalue weighted by Gasteiger charge is -2.29. The van der Waals surface area contributed by atoms with Gasteiger partial charge < -0.3 is 35.6 Å². The van der Waals surface area contributed by atoms with Crippen molar-refractivity contribution in [1.82, 2.24) is 5.32 Å². The third-order valence-corrected chi connectivity index (χ3v) is 7.59. The fraction of sp³-hybridized carbons (Fsp3) is 0.556. The Morgan fingerprint density at radius 2 is 1.51 bits per heavy atom. The highest BCUT2D eigenvalue weighted by atomic mass is 16.5. The van der Waals surface area contributed by atoms with Crippen LogP contribution in [-0.2, 0) is 25.6 Å². The van der Waals surface area contributed by atoms with Gasteiger partial charge in [-0.05, 0) is 69.7 Å². The third kappa shape index (κ3) is 17.0. The number of benzene rings is 1. The molecule has 0 aliphatic rings. The van der Waals surface area contributed by atoms with Gasteiger partial charge in [0.25, 0.3) is 0 Å². The molecule has 4 atom stereocenters. The van der Waals surface area contributed by atoms with Gasteiger partial charge >= 0.3 is 17.9 Å². The summed E-state index contributed by atoms with van der Waals surface area (Å²) in [5, 5.41) is 52.1. The Morgan fingerprint density at radius 1 is 0.894 bits per heavy atom. The van der Waals surface area contributed by atoms with Crippen LogP contribution in [0.5, 0.6) is 5.75 Å². The molecule has 6 N–H and O–H groups in total. The van der Waals surface area contributed by atoms with E-state index in [0.29, 0.717) is 37.2 Å². The van der Waals surface area contributed by atoms with Crippen molar-refractivity contribution in [2.24, 2.45) is 5.92 Å². The van der Waals surface area contributed by atoms with Gasteiger partial charge in [-0.25, -0.2) is 9.59 Å². The maximum atomic E-state index is 13.3. The van der Waals surface area contributed by atoms with E-state index in [1.807, 2.05) is 32.1 Å². The Balaban J connectivity index is 2.86. The number of unbranched alkanes of at least 4 members (excludes halogenated alkanes) is 7. The van der Waals surface area contributed by atoms with Crippen LogP contribution in [-0.4, -0.2) is 73.7 Å². The van der Waals surface area contributed by atoms with E-state index in [1.165, 1.54) is 12.5 Å². The Hall–Kier alpha value is -3.96. The lowest BCUT2D eigenvalue weighted by molar-refractivity contribution is -0.172. The van der Waals surface area contributed by atoms with Gasteiger partial charge in [-0.1, -0.05) is 81.0 Å². The molecule has 0 fully saturated rings. The van der Waals surface area contributed by atoms with E-state index < -0.39 is 53.9 Å². The molecule has 1 rings (SSSR count). The van der Waals surface area contributed by atoms with Crippen LogP contribution in [0.25, 0.3) is 0 Å². The number of aliphatic hydroxyl groups excluding tert-OH is 1. The van der Waals surface area contributed by atoms with E-state index >= 15 is 0 Å². The van der Waals surface area contributed by atoms with Gasteiger partial charge in [0.1, 0.15) is 18.4 Å². The summed E-state index contributed by atoms with van der Waals surface area (Å²) in [4.78, 5) is 48.9. The van der Waals surface area contributed by atoms with E-state index in [1.54, 1.807) is 24.3 Å². The van der Waals surface area contributed by atoms with Crippen molar-refractivity contribution >= 4 is 23.8 Å². The van der Waals surface area contributed by atoms with Crippen LogP contribution in [0.4, 0.5) is 0 Å². The van der Waals surface area contributed by atoms with Gasteiger partial charge in [-0.3, -0.25) is 9.59 Å². The van der Waals surface area contributed by atoms with E-state index in [9.17, 15) is 44.7 Å². The Bertz CT molecular complexity index is 1200. The quantitative estimate of drug-likeness (QED) is 0.0582. The van der Waals surface area contributed by atoms with Crippen molar-refractivity contribution in [3.63, 3.8) is 0 Å². The van der Waals surface area contributed by atoms with Gasteiger partial charge in [-0.15, -0.1) is 0 Å². The Morgan fingerprint density at radius 3 is 2.09 bits per heavy atom. The number of ether oxygens (including phenoxy) is 1. The van der Waals surface area contributed by atoms with E-state index in [-0.39, 0.29) is 6.42 Å². The zero-order valence-electron chi connectivity index (χ0n) is 27.9. The summed E-state index contributed by atoms with van der Waals surface area (Å²) in [6, 6.07) is 5.11. The number of allylic oxidation sites excluding steroid dienone is 3. The fourth-order valence-corrected chi connectivity index (χ4v) is 4.80. The number of aliphatic carboxylic acids is 3. The smallest absolute Gasteiger partial charge is 0.337 e. The van der Waals surface area contributed by atoms with Crippen LogP contribution < -0.4 is 10.1 Å². The summed E-state index contributed by atoms with van der Waals surface area (Å²) < 4.78 is 5.60. The molecule has 0 aliphatic heterocycles. The number of amides is 1. The predicted molar refractivity (Wildman–Crippen MR) is 179 cm³/mol. The molecule has 11 nitrogen and oxygen atoms in total. The highest BCUT2D eigenvalue weighted by Gasteiger charge is 2.49. The summed E-state index contributed by atoms with van der Waals surface area (Å²) in [5.74, 6) is -7.38. The first-order valence-electron chi connectivity index (χ1n) is 16.4. The molecular formula is C36H53NO10. The first kappa shape index (κ1) is 41.1. The normalized spacial score (nSPS) is 14.7. The minimum absolute atomic E-state index is 0.153. The molecule has 47 heavy (non-hydrogen) atoms. The second-order valence-corrected chi connectivity index (χ2v) is 12.0. The molecule has 0 aliphatic carbocycles. The number of carboxylic acids is 3. The summed E-state index contributed by atoms with van der Waals surface area (Å²) in [7, 11) is 0. The van der Waals surface area contributed by atoms with Crippen LogP contribution in [0.3, 0.4) is 0 Å². The number of aliphatic hydroxyl groups is 2. The average molecular weight is 660 g/mol. The second-order valence-electron chi connectivity index (χ2n) is 12.0. The molecule has 3 unspecified atom stereocenters. The highest BCUT2D eigenvalue weighted by molar-refractivity contribution is 5.94. The lowest BCUT2D eigenvalue weighted by atomic mass is 9.82. The number of carbonyl (C=O) groups excluding carboxylic acids is 1. The second kappa shape index (κ2) is 22.5. The van der Waals surface area contributed by atoms with Crippen molar-refractivity contribution in [2.45, 2.75) is 116 Å². The molecule has 0 heterocycles. The van der Waals surface area contributed by atoms with Crippen LogP contribution in [0.15, 0.2) is 60.2 Å². The van der Waals surface area contributed by atoms with Crippen LogP contribution in [0.1, 0.15) is 97.0 Å². The monoisotopic (exact) mass is 659 g/mol. The fourth-order valence-electron chi connectivity index (χ4n) is 4.80. The first-order chi connectivity index (χ1) is 22.3.